The van der Waals surface area contributed by atoms with Crippen molar-refractivity contribution < 1.29 is 4.79 Å². The standard InChI is InChI=1S/C17H27N3O/c1-14-8-12-20(13-9-14)11-5-4-10-19-17(21)15-6-2-3-7-16(15)18/h2-3,6-7,14H,4-5,8-13,18H2,1H3,(H,19,21). The van der Waals surface area contributed by atoms with Crippen LogP contribution in [0.5, 0.6) is 0 Å². The summed E-state index contributed by atoms with van der Waals surface area (Å²) < 4.78 is 0. The molecule has 0 unspecified atom stereocenters. The molecule has 0 bridgehead atoms. The Morgan fingerprint density at radius 1 is 1.29 bits per heavy atom. The van der Waals surface area contributed by atoms with Crippen molar-refractivity contribution in [3.8, 4) is 0 Å². The lowest BCUT2D eigenvalue weighted by molar-refractivity contribution is 0.0953. The third-order valence-corrected chi connectivity index (χ3v) is 4.27. The molecular formula is C17H27N3O. The minimum Gasteiger partial charge on any atom is -0.398 e. The Hall–Kier alpha value is -1.55. The molecule has 0 atom stereocenters. The van der Waals surface area contributed by atoms with E-state index in [2.05, 4.69) is 17.1 Å². The monoisotopic (exact) mass is 289 g/mol. The molecule has 4 nitrogen and oxygen atoms in total. The highest BCUT2D eigenvalue weighted by atomic mass is 16.1. The van der Waals surface area contributed by atoms with Crippen molar-refractivity contribution in [2.75, 3.05) is 31.9 Å². The van der Waals surface area contributed by atoms with Gasteiger partial charge < -0.3 is 16.0 Å². The maximum atomic E-state index is 12.0. The third-order valence-electron chi connectivity index (χ3n) is 4.27. The van der Waals surface area contributed by atoms with Crippen molar-refractivity contribution >= 4 is 11.6 Å². The van der Waals surface area contributed by atoms with Gasteiger partial charge in [0.2, 0.25) is 0 Å². The summed E-state index contributed by atoms with van der Waals surface area (Å²) in [6, 6.07) is 7.19. The Bertz CT molecular complexity index is 453. The second-order valence-electron chi connectivity index (χ2n) is 6.07. The number of nitrogen functional groups attached to an aromatic ring is 1. The molecule has 1 aliphatic heterocycles. The van der Waals surface area contributed by atoms with Crippen LogP contribution in [0.25, 0.3) is 0 Å². The van der Waals surface area contributed by atoms with Gasteiger partial charge in [0, 0.05) is 12.2 Å². The Balaban J connectivity index is 1.60. The molecule has 1 heterocycles. The van der Waals surface area contributed by atoms with Crippen LogP contribution in [-0.4, -0.2) is 37.0 Å². The van der Waals surface area contributed by atoms with E-state index in [0.29, 0.717) is 11.3 Å². The number of unbranched alkanes of at least 4 members (excludes halogenated alkanes) is 1. The molecule has 2 rings (SSSR count). The lowest BCUT2D eigenvalue weighted by atomic mass is 9.99. The van der Waals surface area contributed by atoms with Gasteiger partial charge in [0.15, 0.2) is 0 Å². The van der Waals surface area contributed by atoms with Crippen LogP contribution in [0.15, 0.2) is 24.3 Å². The molecule has 0 saturated carbocycles. The van der Waals surface area contributed by atoms with Gasteiger partial charge in [-0.2, -0.15) is 0 Å². The van der Waals surface area contributed by atoms with E-state index < -0.39 is 0 Å². The second kappa shape index (κ2) is 8.03. The first-order chi connectivity index (χ1) is 10.2. The van der Waals surface area contributed by atoms with Crippen molar-refractivity contribution in [1.29, 1.82) is 0 Å². The number of hydrogen-bond acceptors (Lipinski definition) is 3. The molecule has 116 valence electrons. The Labute approximate surface area is 127 Å². The average molecular weight is 289 g/mol. The summed E-state index contributed by atoms with van der Waals surface area (Å²) in [6.45, 7) is 6.66. The molecule has 4 heteroatoms. The maximum Gasteiger partial charge on any atom is 0.253 e. The summed E-state index contributed by atoms with van der Waals surface area (Å²) in [5.41, 5.74) is 6.90. The Morgan fingerprint density at radius 2 is 2.00 bits per heavy atom. The van der Waals surface area contributed by atoms with E-state index in [0.717, 1.165) is 31.8 Å². The molecule has 1 fully saturated rings. The van der Waals surface area contributed by atoms with E-state index in [4.69, 9.17) is 5.73 Å². The lowest BCUT2D eigenvalue weighted by Crippen LogP contribution is -2.34. The molecule has 1 aliphatic rings. The summed E-state index contributed by atoms with van der Waals surface area (Å²) >= 11 is 0. The van der Waals surface area contributed by atoms with E-state index >= 15 is 0 Å². The van der Waals surface area contributed by atoms with Gasteiger partial charge in [-0.1, -0.05) is 19.1 Å². The second-order valence-corrected chi connectivity index (χ2v) is 6.07. The van der Waals surface area contributed by atoms with Crippen LogP contribution in [0, 0.1) is 5.92 Å². The SMILES string of the molecule is CC1CCN(CCCCNC(=O)c2ccccc2N)CC1. The van der Waals surface area contributed by atoms with Crippen LogP contribution in [0.1, 0.15) is 43.0 Å². The molecule has 1 saturated heterocycles. The number of amides is 1. The molecule has 0 spiro atoms. The zero-order valence-electron chi connectivity index (χ0n) is 13.0. The summed E-state index contributed by atoms with van der Waals surface area (Å²) in [6.07, 6.45) is 4.80. The van der Waals surface area contributed by atoms with Gasteiger partial charge in [-0.3, -0.25) is 4.79 Å². The third kappa shape index (κ3) is 5.05. The van der Waals surface area contributed by atoms with Crippen LogP contribution in [0.2, 0.25) is 0 Å². The molecule has 0 aliphatic carbocycles. The zero-order valence-corrected chi connectivity index (χ0v) is 13.0. The van der Waals surface area contributed by atoms with Crippen LogP contribution in [0.3, 0.4) is 0 Å². The lowest BCUT2D eigenvalue weighted by Gasteiger charge is -2.30. The fourth-order valence-corrected chi connectivity index (χ4v) is 2.75. The number of anilines is 1. The minimum atomic E-state index is -0.0695. The molecule has 21 heavy (non-hydrogen) atoms. The highest BCUT2D eigenvalue weighted by molar-refractivity contribution is 5.98. The van der Waals surface area contributed by atoms with Crippen molar-refractivity contribution in [1.82, 2.24) is 10.2 Å². The van der Waals surface area contributed by atoms with Gasteiger partial charge in [-0.25, -0.2) is 0 Å². The van der Waals surface area contributed by atoms with Gasteiger partial charge in [0.1, 0.15) is 0 Å². The van der Waals surface area contributed by atoms with Crippen molar-refractivity contribution in [2.24, 2.45) is 5.92 Å². The number of rotatable bonds is 6. The number of nitrogens with one attached hydrogen (secondary N) is 1. The predicted molar refractivity (Wildman–Crippen MR) is 87.3 cm³/mol. The van der Waals surface area contributed by atoms with E-state index in [9.17, 15) is 4.79 Å². The number of nitrogens with two attached hydrogens (primary N) is 1. The molecule has 0 radical (unpaired) electrons. The predicted octanol–water partition coefficient (Wildman–Crippen LogP) is 2.51. The summed E-state index contributed by atoms with van der Waals surface area (Å²) in [7, 11) is 0. The highest BCUT2D eigenvalue weighted by Gasteiger charge is 2.14. The van der Waals surface area contributed by atoms with Gasteiger partial charge in [-0.05, 0) is 63.4 Å². The van der Waals surface area contributed by atoms with Crippen molar-refractivity contribution in [2.45, 2.75) is 32.6 Å². The first kappa shape index (κ1) is 15.8. The Kier molecular flexibility index (Phi) is 6.05. The van der Waals surface area contributed by atoms with Crippen LogP contribution >= 0.6 is 0 Å². The number of hydrogen-bond donors (Lipinski definition) is 2. The highest BCUT2D eigenvalue weighted by Crippen LogP contribution is 2.16. The topological polar surface area (TPSA) is 58.4 Å². The fourth-order valence-electron chi connectivity index (χ4n) is 2.75. The quantitative estimate of drug-likeness (QED) is 0.625. The van der Waals surface area contributed by atoms with Crippen LogP contribution < -0.4 is 11.1 Å². The van der Waals surface area contributed by atoms with Crippen molar-refractivity contribution in [3.05, 3.63) is 29.8 Å². The summed E-state index contributed by atoms with van der Waals surface area (Å²) in [4.78, 5) is 14.5. The fraction of sp³-hybridized carbons (Fsp3) is 0.588. The summed E-state index contributed by atoms with van der Waals surface area (Å²) in [5, 5.41) is 2.95. The Morgan fingerprint density at radius 3 is 2.71 bits per heavy atom. The van der Waals surface area contributed by atoms with E-state index in [1.807, 2.05) is 12.1 Å². The summed E-state index contributed by atoms with van der Waals surface area (Å²) in [5.74, 6) is 0.816. The zero-order chi connectivity index (χ0) is 15.1. The number of nitrogens with zero attached hydrogens (tertiary/aromatic N) is 1. The minimum absolute atomic E-state index is 0.0695. The van der Waals surface area contributed by atoms with E-state index in [1.165, 1.54) is 25.9 Å². The first-order valence-corrected chi connectivity index (χ1v) is 8.02. The molecule has 1 amide bonds. The molecule has 0 aromatic heterocycles. The number of carbonyl (C=O) groups excluding carboxylic acids is 1. The van der Waals surface area contributed by atoms with Crippen LogP contribution in [-0.2, 0) is 0 Å². The smallest absolute Gasteiger partial charge is 0.253 e. The number of piperidine rings is 1. The maximum absolute atomic E-state index is 12.0. The van der Waals surface area contributed by atoms with Gasteiger partial charge in [0.25, 0.3) is 5.91 Å². The number of benzene rings is 1. The van der Waals surface area contributed by atoms with Gasteiger partial charge >= 0.3 is 0 Å². The number of carbonyl (C=O) groups is 1. The number of likely N-dealkylation sites (tertiary alicyclic amines) is 1. The largest absolute Gasteiger partial charge is 0.398 e. The first-order valence-electron chi connectivity index (χ1n) is 8.02. The molecular weight excluding hydrogens is 262 g/mol. The normalized spacial score (nSPS) is 16.8. The van der Waals surface area contributed by atoms with Gasteiger partial charge in [0.05, 0.1) is 5.56 Å². The molecule has 1 aromatic rings. The molecule has 1 aromatic carbocycles. The van der Waals surface area contributed by atoms with Gasteiger partial charge in [-0.15, -0.1) is 0 Å². The van der Waals surface area contributed by atoms with E-state index in [-0.39, 0.29) is 5.91 Å². The number of para-hydroxylation sites is 1. The van der Waals surface area contributed by atoms with Crippen LogP contribution in [0.4, 0.5) is 5.69 Å². The van der Waals surface area contributed by atoms with Crippen molar-refractivity contribution in [3.63, 3.8) is 0 Å². The van der Waals surface area contributed by atoms with E-state index in [1.54, 1.807) is 12.1 Å². The average Bonchev–Trinajstić information content (AvgIpc) is 2.49. The molecule has 3 N–H and O–H groups in total.